The number of hydrogen-bond donors (Lipinski definition) is 0. The van der Waals surface area contributed by atoms with E-state index in [4.69, 9.17) is 23.2 Å². The molecule has 0 radical (unpaired) electrons. The molecule has 2 aromatic rings. The van der Waals surface area contributed by atoms with Gasteiger partial charge in [-0.05, 0) is 48.2 Å². The maximum Gasteiger partial charge on any atom is 0.127 e. The molecule has 0 spiro atoms. The first-order valence-electron chi connectivity index (χ1n) is 6.64. The minimum Gasteiger partial charge on any atom is -0.207 e. The molecule has 0 nitrogen and oxygen atoms in total. The Hall–Kier alpha value is -1.12. The van der Waals surface area contributed by atoms with Crippen LogP contribution in [0.25, 0.3) is 0 Å². The molecule has 0 saturated carbocycles. The third-order valence-corrected chi connectivity index (χ3v) is 4.82. The zero-order valence-corrected chi connectivity index (χ0v) is 13.2. The second-order valence-electron chi connectivity index (χ2n) is 5.28. The first kappa shape index (κ1) is 16.3. The first-order valence-corrected chi connectivity index (χ1v) is 7.71. The van der Waals surface area contributed by atoms with Crippen LogP contribution < -0.4 is 0 Å². The minimum atomic E-state index is -0.757. The van der Waals surface area contributed by atoms with E-state index in [9.17, 15) is 8.78 Å². The summed E-state index contributed by atoms with van der Waals surface area (Å²) < 4.78 is 27.6. The van der Waals surface area contributed by atoms with E-state index in [1.165, 1.54) is 18.2 Å². The minimum absolute atomic E-state index is 0.160. The lowest BCUT2D eigenvalue weighted by atomic mass is 9.77. The van der Waals surface area contributed by atoms with E-state index in [1.807, 2.05) is 6.92 Å². The van der Waals surface area contributed by atoms with Gasteiger partial charge in [0.1, 0.15) is 11.6 Å². The lowest BCUT2D eigenvalue weighted by molar-refractivity contribution is 0.488. The number of hydrogen-bond acceptors (Lipinski definition) is 0. The summed E-state index contributed by atoms with van der Waals surface area (Å²) in [6.07, 6.45) is 0.393. The fourth-order valence-electron chi connectivity index (χ4n) is 2.46. The van der Waals surface area contributed by atoms with E-state index in [-0.39, 0.29) is 23.4 Å². The summed E-state index contributed by atoms with van der Waals surface area (Å²) in [4.78, 5) is 0. The molecule has 2 rings (SSSR count). The van der Waals surface area contributed by atoms with Gasteiger partial charge >= 0.3 is 0 Å². The van der Waals surface area contributed by atoms with Crippen LogP contribution in [-0.4, -0.2) is 11.8 Å². The molecule has 2 aromatic carbocycles. The van der Waals surface area contributed by atoms with E-state index < -0.39 is 5.41 Å². The third-order valence-electron chi connectivity index (χ3n) is 3.80. The highest BCUT2D eigenvalue weighted by atomic mass is 35.5. The van der Waals surface area contributed by atoms with Crippen molar-refractivity contribution < 1.29 is 8.78 Å². The lowest BCUT2D eigenvalue weighted by Gasteiger charge is -2.31. The predicted octanol–water partition coefficient (Wildman–Crippen LogP) is 5.23. The number of rotatable bonds is 5. The van der Waals surface area contributed by atoms with Crippen molar-refractivity contribution in [3.05, 3.63) is 70.8 Å². The van der Waals surface area contributed by atoms with E-state index in [0.717, 1.165) is 11.1 Å². The fraction of sp³-hybridized carbons (Fsp3) is 0.294. The zero-order chi connectivity index (χ0) is 15.5. The first-order chi connectivity index (χ1) is 10.0. The van der Waals surface area contributed by atoms with Crippen LogP contribution in [0, 0.1) is 18.6 Å². The highest BCUT2D eigenvalue weighted by Gasteiger charge is 2.34. The Balaban J connectivity index is 2.48. The molecular weight excluding hydrogens is 313 g/mol. The smallest absolute Gasteiger partial charge is 0.127 e. The van der Waals surface area contributed by atoms with Crippen LogP contribution in [0.15, 0.2) is 42.5 Å². The van der Waals surface area contributed by atoms with Gasteiger partial charge in [0.05, 0.1) is 0 Å². The normalized spacial score (nSPS) is 11.7. The van der Waals surface area contributed by atoms with Crippen molar-refractivity contribution >= 4 is 23.2 Å². The van der Waals surface area contributed by atoms with Crippen LogP contribution in [-0.2, 0) is 11.8 Å². The molecule has 112 valence electrons. The Morgan fingerprint density at radius 2 is 1.67 bits per heavy atom. The quantitative estimate of drug-likeness (QED) is 0.659. The van der Waals surface area contributed by atoms with Gasteiger partial charge in [0.25, 0.3) is 0 Å². The van der Waals surface area contributed by atoms with E-state index in [0.29, 0.717) is 12.0 Å². The maximum absolute atomic E-state index is 14.1. The van der Waals surface area contributed by atoms with Gasteiger partial charge in [-0.15, -0.1) is 23.2 Å². The van der Waals surface area contributed by atoms with E-state index in [1.54, 1.807) is 24.3 Å². The molecule has 0 aromatic heterocycles. The highest BCUT2D eigenvalue weighted by Crippen LogP contribution is 2.34. The molecule has 0 bridgehead atoms. The summed E-state index contributed by atoms with van der Waals surface area (Å²) in [6, 6.07) is 11.0. The molecule has 21 heavy (non-hydrogen) atoms. The van der Waals surface area contributed by atoms with Crippen molar-refractivity contribution in [3.63, 3.8) is 0 Å². The van der Waals surface area contributed by atoms with Crippen LogP contribution in [0.3, 0.4) is 0 Å². The number of halogens is 4. The molecule has 0 fully saturated rings. The molecule has 0 aliphatic rings. The fourth-order valence-corrected chi connectivity index (χ4v) is 3.22. The van der Waals surface area contributed by atoms with Crippen LogP contribution in [0.5, 0.6) is 0 Å². The van der Waals surface area contributed by atoms with Crippen molar-refractivity contribution in [2.24, 2.45) is 0 Å². The average molecular weight is 329 g/mol. The molecule has 0 aliphatic carbocycles. The van der Waals surface area contributed by atoms with Gasteiger partial charge < -0.3 is 0 Å². The topological polar surface area (TPSA) is 0 Å². The number of benzene rings is 2. The number of aryl methyl sites for hydroxylation is 1. The highest BCUT2D eigenvalue weighted by molar-refractivity contribution is 6.22. The van der Waals surface area contributed by atoms with Crippen LogP contribution >= 0.6 is 23.2 Å². The Bertz CT molecular complexity index is 622. The van der Waals surface area contributed by atoms with Gasteiger partial charge in [0.15, 0.2) is 0 Å². The molecule has 0 saturated heterocycles. The molecule has 4 heteroatoms. The van der Waals surface area contributed by atoms with E-state index >= 15 is 0 Å². The molecule has 0 amide bonds. The molecule has 0 unspecified atom stereocenters. The average Bonchev–Trinajstić information content (AvgIpc) is 2.49. The molecular formula is C17H16Cl2F2. The lowest BCUT2D eigenvalue weighted by Crippen LogP contribution is -2.34. The summed E-state index contributed by atoms with van der Waals surface area (Å²) in [7, 11) is 0. The largest absolute Gasteiger partial charge is 0.207 e. The van der Waals surface area contributed by atoms with Crippen molar-refractivity contribution in [2.45, 2.75) is 18.8 Å². The maximum atomic E-state index is 14.1. The van der Waals surface area contributed by atoms with Gasteiger partial charge in [-0.25, -0.2) is 8.78 Å². The van der Waals surface area contributed by atoms with Crippen LogP contribution in [0.2, 0.25) is 0 Å². The van der Waals surface area contributed by atoms with Crippen molar-refractivity contribution in [1.29, 1.82) is 0 Å². The zero-order valence-electron chi connectivity index (χ0n) is 11.7. The monoisotopic (exact) mass is 328 g/mol. The summed E-state index contributed by atoms with van der Waals surface area (Å²) in [5.74, 6) is -0.337. The van der Waals surface area contributed by atoms with Crippen LogP contribution in [0.1, 0.15) is 16.7 Å². The second kappa shape index (κ2) is 6.76. The summed E-state index contributed by atoms with van der Waals surface area (Å²) >= 11 is 12.3. The Kier molecular flexibility index (Phi) is 5.23. The standard InChI is InChI=1S/C17H16Cl2F2/c1-12-6-7-14(20)8-13(12)9-17(10-18,11-19)15-4-2-3-5-16(15)21/h2-8H,9-11H2,1H3. The SMILES string of the molecule is Cc1ccc(F)cc1CC(CCl)(CCl)c1ccccc1F. The summed E-state index contributed by atoms with van der Waals surface area (Å²) in [6.45, 7) is 1.89. The number of alkyl halides is 2. The van der Waals surface area contributed by atoms with Crippen molar-refractivity contribution in [2.75, 3.05) is 11.8 Å². The summed E-state index contributed by atoms with van der Waals surface area (Å²) in [5.41, 5.74) is 1.44. The van der Waals surface area contributed by atoms with Gasteiger partial charge in [0.2, 0.25) is 0 Å². The van der Waals surface area contributed by atoms with Gasteiger partial charge in [-0.2, -0.15) is 0 Å². The predicted molar refractivity (Wildman–Crippen MR) is 84.4 cm³/mol. The molecule has 0 aliphatic heterocycles. The van der Waals surface area contributed by atoms with Crippen molar-refractivity contribution in [1.82, 2.24) is 0 Å². The van der Waals surface area contributed by atoms with Crippen molar-refractivity contribution in [3.8, 4) is 0 Å². The molecule has 0 heterocycles. The van der Waals surface area contributed by atoms with Crippen LogP contribution in [0.4, 0.5) is 8.78 Å². The Morgan fingerprint density at radius 3 is 2.29 bits per heavy atom. The third kappa shape index (κ3) is 3.38. The van der Waals surface area contributed by atoms with Gasteiger partial charge in [0, 0.05) is 17.2 Å². The Labute approximate surface area is 133 Å². The van der Waals surface area contributed by atoms with E-state index in [2.05, 4.69) is 0 Å². The molecule has 0 N–H and O–H groups in total. The van der Waals surface area contributed by atoms with Gasteiger partial charge in [-0.3, -0.25) is 0 Å². The summed E-state index contributed by atoms with van der Waals surface area (Å²) in [5, 5.41) is 0. The van der Waals surface area contributed by atoms with Gasteiger partial charge in [-0.1, -0.05) is 24.3 Å². The molecule has 0 atom stereocenters. The Morgan fingerprint density at radius 1 is 1.00 bits per heavy atom. The second-order valence-corrected chi connectivity index (χ2v) is 5.81.